The van der Waals surface area contributed by atoms with Gasteiger partial charge in [-0.25, -0.2) is 4.39 Å². The Hall–Kier alpha value is -2.55. The summed E-state index contributed by atoms with van der Waals surface area (Å²) in [5, 5.41) is 6.01. The van der Waals surface area contributed by atoms with Gasteiger partial charge in [0.15, 0.2) is 0 Å². The third kappa shape index (κ3) is 6.72. The molecule has 9 heteroatoms. The molecule has 1 unspecified atom stereocenters. The first-order valence-electron chi connectivity index (χ1n) is 10.2. The van der Waals surface area contributed by atoms with Crippen molar-refractivity contribution >= 4 is 29.4 Å². The summed E-state index contributed by atoms with van der Waals surface area (Å²) in [6, 6.07) is 5.75. The number of carbonyl (C=O) groups excluding carboxylic acids is 1. The molecule has 0 radical (unpaired) electrons. The fourth-order valence-electron chi connectivity index (χ4n) is 3.28. The number of nitrogens with zero attached hydrogens (tertiary/aromatic N) is 2. The first kappa shape index (κ1) is 23.1. The lowest BCUT2D eigenvalue weighted by atomic mass is 10.0. The Morgan fingerprint density at radius 1 is 1.45 bits per heavy atom. The van der Waals surface area contributed by atoms with Crippen molar-refractivity contribution < 1.29 is 18.7 Å². The van der Waals surface area contributed by atoms with E-state index in [1.165, 1.54) is 18.2 Å². The van der Waals surface area contributed by atoms with Gasteiger partial charge in [0.25, 0.3) is 5.91 Å². The molecule has 1 atom stereocenters. The van der Waals surface area contributed by atoms with E-state index < -0.39 is 5.82 Å². The third-order valence-corrected chi connectivity index (χ3v) is 5.18. The summed E-state index contributed by atoms with van der Waals surface area (Å²) in [6.07, 6.45) is 5.35. The van der Waals surface area contributed by atoms with Gasteiger partial charge in [-0.1, -0.05) is 11.6 Å². The lowest BCUT2D eigenvalue weighted by Crippen LogP contribution is -2.29. The highest BCUT2D eigenvalue weighted by molar-refractivity contribution is 6.30. The van der Waals surface area contributed by atoms with E-state index >= 15 is 0 Å². The molecule has 1 aromatic heterocycles. The topological polar surface area (TPSA) is 84.8 Å². The van der Waals surface area contributed by atoms with E-state index in [4.69, 9.17) is 21.1 Å². The summed E-state index contributed by atoms with van der Waals surface area (Å²) >= 11 is 5.76. The number of benzene rings is 1. The lowest BCUT2D eigenvalue weighted by Gasteiger charge is -2.22. The maximum Gasteiger partial charge on any atom is 0.253 e. The second-order valence-corrected chi connectivity index (χ2v) is 7.55. The van der Waals surface area contributed by atoms with Crippen LogP contribution in [0.25, 0.3) is 0 Å². The SMILES string of the molecule is CNC(=O)c1ccnc(CNCC2CCCOC2)c1N=CCOc1ccc(F)c(Cl)c1. The molecule has 0 spiro atoms. The molecule has 0 bridgehead atoms. The van der Waals surface area contributed by atoms with E-state index in [9.17, 15) is 9.18 Å². The predicted molar refractivity (Wildman–Crippen MR) is 118 cm³/mol. The Morgan fingerprint density at radius 2 is 2.32 bits per heavy atom. The molecule has 3 rings (SSSR count). The van der Waals surface area contributed by atoms with Crippen LogP contribution in [0.2, 0.25) is 5.02 Å². The van der Waals surface area contributed by atoms with Crippen molar-refractivity contribution in [1.82, 2.24) is 15.6 Å². The minimum atomic E-state index is -0.509. The molecule has 31 heavy (non-hydrogen) atoms. The third-order valence-electron chi connectivity index (χ3n) is 4.89. The summed E-state index contributed by atoms with van der Waals surface area (Å²) in [4.78, 5) is 21.2. The van der Waals surface area contributed by atoms with Gasteiger partial charge in [0.2, 0.25) is 0 Å². The molecule has 2 aromatic rings. The summed E-state index contributed by atoms with van der Waals surface area (Å²) in [6.45, 7) is 2.99. The smallest absolute Gasteiger partial charge is 0.253 e. The molecule has 0 aliphatic carbocycles. The van der Waals surface area contributed by atoms with Crippen LogP contribution in [0.4, 0.5) is 10.1 Å². The standard InChI is InChI=1S/C22H26ClFN4O3/c1-25-22(29)17-6-7-27-20(13-26-12-15-3-2-9-30-14-15)21(17)28-8-10-31-16-4-5-19(24)18(23)11-16/h4-8,11,15,26H,2-3,9-10,12-14H2,1H3,(H,25,29). The van der Waals surface area contributed by atoms with E-state index in [1.807, 2.05) is 0 Å². The van der Waals surface area contributed by atoms with Crippen LogP contribution in [0.3, 0.4) is 0 Å². The molecule has 1 aromatic carbocycles. The molecule has 1 aliphatic heterocycles. The number of pyridine rings is 1. The van der Waals surface area contributed by atoms with Gasteiger partial charge in [0, 0.05) is 45.2 Å². The number of rotatable bonds is 9. The highest BCUT2D eigenvalue weighted by atomic mass is 35.5. The maximum atomic E-state index is 13.3. The number of hydrogen-bond donors (Lipinski definition) is 2. The van der Waals surface area contributed by atoms with Crippen LogP contribution in [-0.4, -0.2) is 50.5 Å². The van der Waals surface area contributed by atoms with E-state index in [-0.39, 0.29) is 17.5 Å². The second-order valence-electron chi connectivity index (χ2n) is 7.15. The van der Waals surface area contributed by atoms with Gasteiger partial charge in [-0.05, 0) is 37.0 Å². The van der Waals surface area contributed by atoms with Gasteiger partial charge >= 0.3 is 0 Å². The Balaban J connectivity index is 1.67. The molecular formula is C22H26ClFN4O3. The molecule has 166 valence electrons. The molecule has 1 saturated heterocycles. The quantitative estimate of drug-likeness (QED) is 0.573. The molecule has 2 N–H and O–H groups in total. The lowest BCUT2D eigenvalue weighted by molar-refractivity contribution is 0.0547. The van der Waals surface area contributed by atoms with Crippen LogP contribution in [0.15, 0.2) is 35.5 Å². The van der Waals surface area contributed by atoms with Crippen LogP contribution in [0.5, 0.6) is 5.75 Å². The second kappa shape index (κ2) is 11.7. The zero-order valence-electron chi connectivity index (χ0n) is 17.4. The van der Waals surface area contributed by atoms with Crippen molar-refractivity contribution in [2.75, 3.05) is 33.4 Å². The minimum Gasteiger partial charge on any atom is -0.488 e. The predicted octanol–water partition coefficient (Wildman–Crippen LogP) is 3.53. The van der Waals surface area contributed by atoms with Crippen LogP contribution < -0.4 is 15.4 Å². The Labute approximate surface area is 186 Å². The zero-order valence-corrected chi connectivity index (χ0v) is 18.1. The molecular weight excluding hydrogens is 423 g/mol. The van der Waals surface area contributed by atoms with Crippen molar-refractivity contribution in [3.8, 4) is 5.75 Å². The van der Waals surface area contributed by atoms with Crippen molar-refractivity contribution in [3.63, 3.8) is 0 Å². The molecule has 1 aliphatic rings. The largest absolute Gasteiger partial charge is 0.488 e. The van der Waals surface area contributed by atoms with Crippen molar-refractivity contribution in [1.29, 1.82) is 0 Å². The van der Waals surface area contributed by atoms with Crippen LogP contribution in [0, 0.1) is 11.7 Å². The van der Waals surface area contributed by atoms with Gasteiger partial charge in [0.1, 0.15) is 18.2 Å². The summed E-state index contributed by atoms with van der Waals surface area (Å²) in [7, 11) is 1.57. The van der Waals surface area contributed by atoms with Gasteiger partial charge in [-0.3, -0.25) is 14.8 Å². The fourth-order valence-corrected chi connectivity index (χ4v) is 3.45. The van der Waals surface area contributed by atoms with Crippen LogP contribution >= 0.6 is 11.6 Å². The summed E-state index contributed by atoms with van der Waals surface area (Å²) in [5.74, 6) is 0.138. The Morgan fingerprint density at radius 3 is 3.06 bits per heavy atom. The molecule has 2 heterocycles. The average Bonchev–Trinajstić information content (AvgIpc) is 2.79. The van der Waals surface area contributed by atoms with Crippen molar-refractivity contribution in [2.45, 2.75) is 19.4 Å². The highest BCUT2D eigenvalue weighted by Gasteiger charge is 2.16. The number of halogens is 2. The summed E-state index contributed by atoms with van der Waals surface area (Å²) < 4.78 is 24.3. The molecule has 1 fully saturated rings. The van der Waals surface area contributed by atoms with Gasteiger partial charge in [0.05, 0.1) is 28.6 Å². The number of aromatic nitrogens is 1. The minimum absolute atomic E-state index is 0.0136. The average molecular weight is 449 g/mol. The van der Waals surface area contributed by atoms with Gasteiger partial charge in [-0.2, -0.15) is 0 Å². The Bertz CT molecular complexity index is 920. The Kier molecular flexibility index (Phi) is 8.75. The van der Waals surface area contributed by atoms with E-state index in [0.29, 0.717) is 35.2 Å². The number of hydrogen-bond acceptors (Lipinski definition) is 6. The molecule has 1 amide bonds. The maximum absolute atomic E-state index is 13.3. The van der Waals surface area contributed by atoms with Crippen molar-refractivity contribution in [2.24, 2.45) is 10.9 Å². The van der Waals surface area contributed by atoms with E-state index in [1.54, 1.807) is 25.5 Å². The van der Waals surface area contributed by atoms with Gasteiger partial charge in [-0.15, -0.1) is 0 Å². The first-order valence-corrected chi connectivity index (χ1v) is 10.5. The highest BCUT2D eigenvalue weighted by Crippen LogP contribution is 2.24. The number of carbonyl (C=O) groups is 1. The number of amides is 1. The van der Waals surface area contributed by atoms with E-state index in [0.717, 1.165) is 32.6 Å². The number of ether oxygens (including phenoxy) is 2. The van der Waals surface area contributed by atoms with E-state index in [2.05, 4.69) is 20.6 Å². The van der Waals surface area contributed by atoms with Crippen LogP contribution in [0.1, 0.15) is 28.9 Å². The first-order chi connectivity index (χ1) is 15.1. The summed E-state index contributed by atoms with van der Waals surface area (Å²) in [5.41, 5.74) is 1.57. The number of aliphatic imine (C=N–C) groups is 1. The number of nitrogens with one attached hydrogen (secondary N) is 2. The monoisotopic (exact) mass is 448 g/mol. The van der Waals surface area contributed by atoms with Crippen LogP contribution in [-0.2, 0) is 11.3 Å². The normalized spacial score (nSPS) is 16.4. The van der Waals surface area contributed by atoms with Crippen molar-refractivity contribution in [3.05, 3.63) is 52.6 Å². The fraction of sp³-hybridized carbons (Fsp3) is 0.409. The van der Waals surface area contributed by atoms with Gasteiger partial charge < -0.3 is 20.1 Å². The zero-order chi connectivity index (χ0) is 22.1. The molecule has 0 saturated carbocycles. The molecule has 7 nitrogen and oxygen atoms in total.